The lowest BCUT2D eigenvalue weighted by molar-refractivity contribution is -0.145. The highest BCUT2D eigenvalue weighted by molar-refractivity contribution is 5.65. The van der Waals surface area contributed by atoms with E-state index in [1.165, 1.54) is 6.92 Å². The molecule has 0 spiro atoms. The molecule has 0 radical (unpaired) electrons. The van der Waals surface area contributed by atoms with Gasteiger partial charge in [0.2, 0.25) is 0 Å². The standard InChI is InChI=1S/C11H23NO2/c1-6-11(7-2,8-12(4)5)9-14-10(3)13/h6-9H2,1-5H3. The molecule has 0 aromatic heterocycles. The number of carbonyl (C=O) groups is 1. The second-order valence-corrected chi connectivity index (χ2v) is 4.23. The lowest BCUT2D eigenvalue weighted by atomic mass is 9.83. The van der Waals surface area contributed by atoms with E-state index in [1.807, 2.05) is 14.1 Å². The van der Waals surface area contributed by atoms with Crippen LogP contribution in [0.25, 0.3) is 0 Å². The summed E-state index contributed by atoms with van der Waals surface area (Å²) in [7, 11) is 4.10. The zero-order valence-corrected chi connectivity index (χ0v) is 10.1. The molecule has 0 aliphatic carbocycles. The molecule has 0 saturated carbocycles. The number of hydrogen-bond donors (Lipinski definition) is 0. The summed E-state index contributed by atoms with van der Waals surface area (Å²) >= 11 is 0. The lowest BCUT2D eigenvalue weighted by Gasteiger charge is -2.33. The van der Waals surface area contributed by atoms with Crippen LogP contribution in [-0.2, 0) is 9.53 Å². The molecule has 0 aliphatic rings. The Kier molecular flexibility index (Phi) is 5.77. The molecule has 3 nitrogen and oxygen atoms in total. The molecular weight excluding hydrogens is 178 g/mol. The highest BCUT2D eigenvalue weighted by Crippen LogP contribution is 2.27. The van der Waals surface area contributed by atoms with Gasteiger partial charge >= 0.3 is 5.97 Å². The van der Waals surface area contributed by atoms with Gasteiger partial charge in [-0.2, -0.15) is 0 Å². The van der Waals surface area contributed by atoms with Crippen molar-refractivity contribution in [2.45, 2.75) is 33.6 Å². The van der Waals surface area contributed by atoms with Crippen LogP contribution < -0.4 is 0 Å². The molecule has 0 aromatic rings. The maximum Gasteiger partial charge on any atom is 0.302 e. The molecule has 14 heavy (non-hydrogen) atoms. The molecule has 84 valence electrons. The number of esters is 1. The molecule has 0 bridgehead atoms. The van der Waals surface area contributed by atoms with Gasteiger partial charge in [-0.25, -0.2) is 0 Å². The first-order valence-corrected chi connectivity index (χ1v) is 5.24. The van der Waals surface area contributed by atoms with Gasteiger partial charge in [0.25, 0.3) is 0 Å². The van der Waals surface area contributed by atoms with Gasteiger partial charge in [-0.3, -0.25) is 4.79 Å². The van der Waals surface area contributed by atoms with Crippen molar-refractivity contribution in [2.75, 3.05) is 27.2 Å². The third kappa shape index (κ3) is 4.61. The summed E-state index contributed by atoms with van der Waals surface area (Å²) in [6.45, 7) is 7.26. The summed E-state index contributed by atoms with van der Waals surface area (Å²) in [5, 5.41) is 0. The van der Waals surface area contributed by atoms with Gasteiger partial charge < -0.3 is 9.64 Å². The predicted molar refractivity (Wildman–Crippen MR) is 58.2 cm³/mol. The summed E-state index contributed by atoms with van der Waals surface area (Å²) in [4.78, 5) is 12.9. The van der Waals surface area contributed by atoms with Crippen LogP contribution in [0.3, 0.4) is 0 Å². The molecule has 0 rings (SSSR count). The highest BCUT2D eigenvalue weighted by atomic mass is 16.5. The molecular formula is C11H23NO2. The first-order valence-electron chi connectivity index (χ1n) is 5.24. The zero-order chi connectivity index (χ0) is 11.2. The Morgan fingerprint density at radius 3 is 2.07 bits per heavy atom. The fourth-order valence-electron chi connectivity index (χ4n) is 1.65. The average molecular weight is 201 g/mol. The minimum atomic E-state index is -0.185. The van der Waals surface area contributed by atoms with Gasteiger partial charge in [-0.1, -0.05) is 13.8 Å². The molecule has 0 unspecified atom stereocenters. The first kappa shape index (κ1) is 13.4. The van der Waals surface area contributed by atoms with Crippen LogP contribution in [0.2, 0.25) is 0 Å². The first-order chi connectivity index (χ1) is 6.45. The van der Waals surface area contributed by atoms with Crippen molar-refractivity contribution < 1.29 is 9.53 Å². The largest absolute Gasteiger partial charge is 0.465 e. The van der Waals surface area contributed by atoms with Gasteiger partial charge in [0.1, 0.15) is 0 Å². The maximum atomic E-state index is 10.8. The van der Waals surface area contributed by atoms with Crippen LogP contribution in [0.5, 0.6) is 0 Å². The quantitative estimate of drug-likeness (QED) is 0.615. The van der Waals surface area contributed by atoms with Gasteiger partial charge in [-0.15, -0.1) is 0 Å². The van der Waals surface area contributed by atoms with Crippen LogP contribution >= 0.6 is 0 Å². The predicted octanol–water partition coefficient (Wildman–Crippen LogP) is 1.92. The molecule has 0 amide bonds. The van der Waals surface area contributed by atoms with Crippen molar-refractivity contribution in [3.05, 3.63) is 0 Å². The van der Waals surface area contributed by atoms with E-state index in [4.69, 9.17) is 4.74 Å². The minimum absolute atomic E-state index is 0.120. The van der Waals surface area contributed by atoms with Crippen molar-refractivity contribution in [1.82, 2.24) is 4.90 Å². The van der Waals surface area contributed by atoms with E-state index < -0.39 is 0 Å². The minimum Gasteiger partial charge on any atom is -0.465 e. The van der Waals surface area contributed by atoms with Crippen LogP contribution in [0.15, 0.2) is 0 Å². The molecule has 0 saturated heterocycles. The molecule has 0 aromatic carbocycles. The Bertz CT molecular complexity index is 174. The summed E-state index contributed by atoms with van der Waals surface area (Å²) < 4.78 is 5.12. The average Bonchev–Trinajstić information content (AvgIpc) is 2.11. The lowest BCUT2D eigenvalue weighted by Crippen LogP contribution is -2.37. The van der Waals surface area contributed by atoms with E-state index in [9.17, 15) is 4.79 Å². The Morgan fingerprint density at radius 2 is 1.79 bits per heavy atom. The Balaban J connectivity index is 4.28. The van der Waals surface area contributed by atoms with Crippen molar-refractivity contribution in [2.24, 2.45) is 5.41 Å². The molecule has 0 aliphatic heterocycles. The molecule has 0 fully saturated rings. The van der Waals surface area contributed by atoms with Crippen molar-refractivity contribution in [3.8, 4) is 0 Å². The van der Waals surface area contributed by atoms with Gasteiger partial charge in [0.15, 0.2) is 0 Å². The number of rotatable bonds is 6. The van der Waals surface area contributed by atoms with E-state index in [1.54, 1.807) is 0 Å². The van der Waals surface area contributed by atoms with E-state index in [-0.39, 0.29) is 11.4 Å². The summed E-state index contributed by atoms with van der Waals surface area (Å²) in [6, 6.07) is 0. The second-order valence-electron chi connectivity index (χ2n) is 4.23. The zero-order valence-electron chi connectivity index (χ0n) is 10.1. The summed E-state index contributed by atoms with van der Waals surface area (Å²) in [5.41, 5.74) is 0.120. The van der Waals surface area contributed by atoms with E-state index >= 15 is 0 Å². The Hall–Kier alpha value is -0.570. The number of carbonyl (C=O) groups excluding carboxylic acids is 1. The summed E-state index contributed by atoms with van der Waals surface area (Å²) in [6.07, 6.45) is 2.07. The second kappa shape index (κ2) is 6.02. The van der Waals surface area contributed by atoms with Crippen molar-refractivity contribution in [3.63, 3.8) is 0 Å². The molecule has 0 heterocycles. The number of ether oxygens (including phenoxy) is 1. The number of nitrogens with zero attached hydrogens (tertiary/aromatic N) is 1. The van der Waals surface area contributed by atoms with Crippen LogP contribution in [0, 0.1) is 5.41 Å². The van der Waals surface area contributed by atoms with Crippen LogP contribution in [-0.4, -0.2) is 38.1 Å². The van der Waals surface area contributed by atoms with Gasteiger partial charge in [0.05, 0.1) is 6.61 Å². The molecule has 3 heteroatoms. The maximum absolute atomic E-state index is 10.8. The van der Waals surface area contributed by atoms with Gasteiger partial charge in [-0.05, 0) is 26.9 Å². The third-order valence-electron chi connectivity index (χ3n) is 2.73. The molecule has 0 atom stereocenters. The fourth-order valence-corrected chi connectivity index (χ4v) is 1.65. The van der Waals surface area contributed by atoms with E-state index in [2.05, 4.69) is 18.7 Å². The normalized spacial score (nSPS) is 11.9. The fraction of sp³-hybridized carbons (Fsp3) is 0.909. The topological polar surface area (TPSA) is 29.5 Å². The van der Waals surface area contributed by atoms with Crippen LogP contribution in [0.4, 0.5) is 0 Å². The Labute approximate surface area is 87.4 Å². The smallest absolute Gasteiger partial charge is 0.302 e. The number of hydrogen-bond acceptors (Lipinski definition) is 3. The van der Waals surface area contributed by atoms with Crippen LogP contribution in [0.1, 0.15) is 33.6 Å². The summed E-state index contributed by atoms with van der Waals surface area (Å²) in [5.74, 6) is -0.185. The Morgan fingerprint density at radius 1 is 1.29 bits per heavy atom. The van der Waals surface area contributed by atoms with Crippen molar-refractivity contribution in [1.29, 1.82) is 0 Å². The monoisotopic (exact) mass is 201 g/mol. The molecule has 0 N–H and O–H groups in total. The SMILES string of the molecule is CCC(CC)(COC(C)=O)CN(C)C. The van der Waals surface area contributed by atoms with E-state index in [0.29, 0.717) is 6.61 Å². The van der Waals surface area contributed by atoms with Gasteiger partial charge in [0, 0.05) is 18.9 Å². The third-order valence-corrected chi connectivity index (χ3v) is 2.73. The van der Waals surface area contributed by atoms with Crippen molar-refractivity contribution >= 4 is 5.97 Å². The highest BCUT2D eigenvalue weighted by Gasteiger charge is 2.28. The van der Waals surface area contributed by atoms with E-state index in [0.717, 1.165) is 19.4 Å².